The summed E-state index contributed by atoms with van der Waals surface area (Å²) in [5.74, 6) is 1.18. The van der Waals surface area contributed by atoms with Crippen LogP contribution < -0.4 is 4.84 Å². The summed E-state index contributed by atoms with van der Waals surface area (Å²) in [6.07, 6.45) is 5.53. The molecular weight excluding hydrogens is 314 g/mol. The van der Waals surface area contributed by atoms with Crippen LogP contribution in [0, 0.1) is 0 Å². The van der Waals surface area contributed by atoms with Crippen LogP contribution in [0.5, 0.6) is 11.5 Å². The van der Waals surface area contributed by atoms with Crippen molar-refractivity contribution in [2.45, 2.75) is 51.9 Å². The van der Waals surface area contributed by atoms with E-state index in [-0.39, 0.29) is 11.7 Å². The molecule has 0 saturated carbocycles. The normalized spacial score (nSPS) is 12.4. The fraction of sp³-hybridized carbons (Fsp3) is 0.400. The first kappa shape index (κ1) is 17.3. The first-order valence-corrected chi connectivity index (χ1v) is 9.05. The summed E-state index contributed by atoms with van der Waals surface area (Å²) in [6.45, 7) is 4.35. The Morgan fingerprint density at radius 2 is 1.92 bits per heavy atom. The molecule has 0 fully saturated rings. The molecule has 2 aromatic carbocycles. The molecule has 0 radical (unpaired) electrons. The fourth-order valence-corrected chi connectivity index (χ4v) is 3.22. The van der Waals surface area contributed by atoms with Crippen molar-refractivity contribution in [2.24, 2.45) is 0 Å². The Labute approximate surface area is 148 Å². The number of aromatic hydroxyl groups is 1. The molecular formula is C20H25N3O2. The van der Waals surface area contributed by atoms with Gasteiger partial charge in [0.1, 0.15) is 16.8 Å². The Kier molecular flexibility index (Phi) is 5.53. The highest BCUT2D eigenvalue weighted by Crippen LogP contribution is 2.39. The van der Waals surface area contributed by atoms with E-state index in [2.05, 4.69) is 24.2 Å². The topological polar surface area (TPSA) is 60.2 Å². The molecule has 1 unspecified atom stereocenters. The number of unbranched alkanes of at least 4 members (excludes halogenated alkanes) is 2. The summed E-state index contributed by atoms with van der Waals surface area (Å²) in [6, 6.07) is 13.1. The smallest absolute Gasteiger partial charge is 0.165 e. The van der Waals surface area contributed by atoms with Gasteiger partial charge in [-0.05, 0) is 48.2 Å². The SMILES string of the molecule is CCCCCC(CC)c1c(O)cccc1On1nnc2ccccc21. The molecule has 3 aromatic rings. The van der Waals surface area contributed by atoms with Gasteiger partial charge in [-0.3, -0.25) is 0 Å². The molecule has 5 heteroatoms. The standard InChI is InChI=1S/C20H25N3O2/c1-3-5-6-10-15(4-2)20-18(24)13-9-14-19(20)25-23-17-12-8-7-11-16(17)21-22-23/h7-9,11-15,24H,3-6,10H2,1-2H3. The maximum Gasteiger partial charge on any atom is 0.165 e. The van der Waals surface area contributed by atoms with Crippen molar-refractivity contribution >= 4 is 11.0 Å². The molecule has 0 aliphatic rings. The van der Waals surface area contributed by atoms with Crippen molar-refractivity contribution in [1.29, 1.82) is 0 Å². The molecule has 0 spiro atoms. The van der Waals surface area contributed by atoms with Gasteiger partial charge in [-0.2, -0.15) is 0 Å². The fourth-order valence-electron chi connectivity index (χ4n) is 3.22. The van der Waals surface area contributed by atoms with E-state index in [9.17, 15) is 5.11 Å². The van der Waals surface area contributed by atoms with E-state index < -0.39 is 0 Å². The second kappa shape index (κ2) is 8.01. The molecule has 5 nitrogen and oxygen atoms in total. The van der Waals surface area contributed by atoms with Crippen LogP contribution in [-0.2, 0) is 0 Å². The molecule has 1 atom stereocenters. The number of phenolic OH excluding ortho intramolecular Hbond substituents is 1. The van der Waals surface area contributed by atoms with Gasteiger partial charge in [0.05, 0.1) is 0 Å². The zero-order valence-electron chi connectivity index (χ0n) is 14.9. The van der Waals surface area contributed by atoms with Crippen molar-refractivity contribution in [3.8, 4) is 11.5 Å². The largest absolute Gasteiger partial charge is 0.508 e. The molecule has 132 valence electrons. The Hall–Kier alpha value is -2.56. The third-order valence-corrected chi connectivity index (χ3v) is 4.61. The lowest BCUT2D eigenvalue weighted by Crippen LogP contribution is -2.10. The van der Waals surface area contributed by atoms with Gasteiger partial charge in [-0.1, -0.05) is 56.2 Å². The number of nitrogens with zero attached hydrogens (tertiary/aromatic N) is 3. The van der Waals surface area contributed by atoms with Crippen LogP contribution >= 0.6 is 0 Å². The van der Waals surface area contributed by atoms with E-state index >= 15 is 0 Å². The van der Waals surface area contributed by atoms with E-state index in [1.54, 1.807) is 12.1 Å². The minimum atomic E-state index is 0.262. The average molecular weight is 339 g/mol. The van der Waals surface area contributed by atoms with Crippen LogP contribution in [0.25, 0.3) is 11.0 Å². The number of benzene rings is 2. The van der Waals surface area contributed by atoms with Crippen molar-refractivity contribution < 1.29 is 9.94 Å². The molecule has 0 bridgehead atoms. The predicted octanol–water partition coefficient (Wildman–Crippen LogP) is 5.05. The molecule has 3 rings (SSSR count). The maximum atomic E-state index is 10.5. The highest BCUT2D eigenvalue weighted by Gasteiger charge is 2.20. The van der Waals surface area contributed by atoms with Gasteiger partial charge in [-0.15, -0.1) is 5.10 Å². The van der Waals surface area contributed by atoms with E-state index in [0.29, 0.717) is 5.75 Å². The molecule has 25 heavy (non-hydrogen) atoms. The van der Waals surface area contributed by atoms with Gasteiger partial charge >= 0.3 is 0 Å². The molecule has 1 heterocycles. The lowest BCUT2D eigenvalue weighted by atomic mass is 9.89. The van der Waals surface area contributed by atoms with Gasteiger partial charge < -0.3 is 9.94 Å². The number of hydrogen-bond donors (Lipinski definition) is 1. The number of hydrogen-bond acceptors (Lipinski definition) is 4. The van der Waals surface area contributed by atoms with E-state index in [1.807, 2.05) is 30.3 Å². The van der Waals surface area contributed by atoms with Gasteiger partial charge in [0.2, 0.25) is 0 Å². The van der Waals surface area contributed by atoms with E-state index in [1.165, 1.54) is 17.7 Å². The minimum absolute atomic E-state index is 0.262. The second-order valence-electron chi connectivity index (χ2n) is 6.33. The maximum absolute atomic E-state index is 10.5. The van der Waals surface area contributed by atoms with Gasteiger partial charge in [0, 0.05) is 5.56 Å². The van der Waals surface area contributed by atoms with Gasteiger partial charge in [0.25, 0.3) is 0 Å². The Balaban J connectivity index is 1.92. The molecule has 0 saturated heterocycles. The van der Waals surface area contributed by atoms with Gasteiger partial charge in [0.15, 0.2) is 5.75 Å². The molecule has 1 aromatic heterocycles. The number of rotatable bonds is 8. The first-order chi connectivity index (χ1) is 12.2. The second-order valence-corrected chi connectivity index (χ2v) is 6.33. The zero-order chi connectivity index (χ0) is 17.6. The van der Waals surface area contributed by atoms with Crippen molar-refractivity contribution in [2.75, 3.05) is 0 Å². The van der Waals surface area contributed by atoms with Crippen LogP contribution in [0.2, 0.25) is 0 Å². The summed E-state index contributed by atoms with van der Waals surface area (Å²) in [5.41, 5.74) is 2.44. The number of para-hydroxylation sites is 1. The minimum Gasteiger partial charge on any atom is -0.508 e. The first-order valence-electron chi connectivity index (χ1n) is 9.05. The Bertz CT molecular complexity index is 829. The van der Waals surface area contributed by atoms with Crippen molar-refractivity contribution in [3.05, 3.63) is 48.0 Å². The predicted molar refractivity (Wildman–Crippen MR) is 98.8 cm³/mol. The van der Waals surface area contributed by atoms with E-state index in [4.69, 9.17) is 4.84 Å². The zero-order valence-corrected chi connectivity index (χ0v) is 14.9. The lowest BCUT2D eigenvalue weighted by Gasteiger charge is -2.20. The summed E-state index contributed by atoms with van der Waals surface area (Å²) in [7, 11) is 0. The van der Waals surface area contributed by atoms with Gasteiger partial charge in [-0.25, -0.2) is 0 Å². The summed E-state index contributed by atoms with van der Waals surface area (Å²) < 4.78 is 0. The number of aromatic nitrogens is 3. The van der Waals surface area contributed by atoms with Crippen LogP contribution in [0.1, 0.15) is 57.4 Å². The Morgan fingerprint density at radius 3 is 2.72 bits per heavy atom. The summed E-state index contributed by atoms with van der Waals surface area (Å²) in [5, 5.41) is 18.7. The summed E-state index contributed by atoms with van der Waals surface area (Å²) >= 11 is 0. The quantitative estimate of drug-likeness (QED) is 0.583. The molecule has 0 aliphatic heterocycles. The van der Waals surface area contributed by atoms with Crippen molar-refractivity contribution in [1.82, 2.24) is 15.2 Å². The molecule has 1 N–H and O–H groups in total. The lowest BCUT2D eigenvalue weighted by molar-refractivity contribution is 0.180. The highest BCUT2D eigenvalue weighted by atomic mass is 16.7. The van der Waals surface area contributed by atoms with Crippen molar-refractivity contribution in [3.63, 3.8) is 0 Å². The number of fused-ring (bicyclic) bond motifs is 1. The molecule has 0 aliphatic carbocycles. The Morgan fingerprint density at radius 1 is 1.08 bits per heavy atom. The van der Waals surface area contributed by atoms with Crippen LogP contribution in [-0.4, -0.2) is 20.3 Å². The molecule has 0 amide bonds. The third-order valence-electron chi connectivity index (χ3n) is 4.61. The average Bonchev–Trinajstić information content (AvgIpc) is 3.03. The van der Waals surface area contributed by atoms with E-state index in [0.717, 1.165) is 35.9 Å². The highest BCUT2D eigenvalue weighted by molar-refractivity contribution is 5.73. The van der Waals surface area contributed by atoms with Crippen LogP contribution in [0.15, 0.2) is 42.5 Å². The van der Waals surface area contributed by atoms with Crippen LogP contribution in [0.3, 0.4) is 0 Å². The third kappa shape index (κ3) is 3.76. The summed E-state index contributed by atoms with van der Waals surface area (Å²) in [4.78, 5) is 7.44. The monoisotopic (exact) mass is 339 g/mol. The number of phenols is 1. The van der Waals surface area contributed by atoms with Crippen LogP contribution in [0.4, 0.5) is 0 Å².